The Morgan fingerprint density at radius 2 is 2.67 bits per heavy atom. The van der Waals surface area contributed by atoms with Crippen molar-refractivity contribution in [3.63, 3.8) is 0 Å². The van der Waals surface area contributed by atoms with Crippen molar-refractivity contribution in [1.29, 1.82) is 0 Å². The van der Waals surface area contributed by atoms with Crippen molar-refractivity contribution in [3.8, 4) is 0 Å². The van der Waals surface area contributed by atoms with Gasteiger partial charge in [0.15, 0.2) is 0 Å². The topological polar surface area (TPSA) is 21.8 Å². The summed E-state index contributed by atoms with van der Waals surface area (Å²) in [5.41, 5.74) is 0. The van der Waals surface area contributed by atoms with Gasteiger partial charge >= 0.3 is 0 Å². The zero-order valence-corrected chi connectivity index (χ0v) is 6.54. The van der Waals surface area contributed by atoms with Crippen LogP contribution in [-0.2, 0) is 8.37 Å². The van der Waals surface area contributed by atoms with E-state index >= 15 is 0 Å². The van der Waals surface area contributed by atoms with E-state index in [0.717, 1.165) is 12.4 Å². The maximum Gasteiger partial charge on any atom is 0.0922 e. The van der Waals surface area contributed by atoms with Crippen LogP contribution in [0.1, 0.15) is 0 Å². The molecule has 4 heteroatoms. The minimum absolute atomic E-state index is 0.445. The Balaban J connectivity index is 1.75. The van der Waals surface area contributed by atoms with Gasteiger partial charge in [-0.25, -0.2) is 3.63 Å². The molecule has 0 bridgehead atoms. The molecule has 52 valence electrons. The third-order valence-electron chi connectivity index (χ3n) is 0.812. The van der Waals surface area contributed by atoms with E-state index in [2.05, 4.69) is 6.58 Å². The average Bonchev–Trinajstić information content (AvgIpc) is 2.63. The summed E-state index contributed by atoms with van der Waals surface area (Å²) >= 11 is 2.66. The van der Waals surface area contributed by atoms with Gasteiger partial charge in [-0.15, -0.1) is 0 Å². The molecular formula is C5H8O2S2. The van der Waals surface area contributed by atoms with E-state index in [9.17, 15) is 0 Å². The summed E-state index contributed by atoms with van der Waals surface area (Å²) in [6, 6.07) is 0. The predicted molar refractivity (Wildman–Crippen MR) is 41.1 cm³/mol. The van der Waals surface area contributed by atoms with Crippen LogP contribution in [0.3, 0.4) is 0 Å². The Kier molecular flexibility index (Phi) is 3.50. The SMILES string of the molecule is C=CSOSCC1CO1. The zero-order chi connectivity index (χ0) is 6.53. The first-order chi connectivity index (χ1) is 4.43. The van der Waals surface area contributed by atoms with Gasteiger partial charge in [0.25, 0.3) is 0 Å². The molecule has 0 aromatic carbocycles. The van der Waals surface area contributed by atoms with E-state index in [1.54, 1.807) is 5.41 Å². The van der Waals surface area contributed by atoms with Crippen LogP contribution in [0.4, 0.5) is 0 Å². The molecule has 0 aromatic rings. The van der Waals surface area contributed by atoms with Crippen LogP contribution in [0.2, 0.25) is 0 Å². The Hall–Kier alpha value is 0.360. The highest BCUT2D eigenvalue weighted by atomic mass is 32.2. The van der Waals surface area contributed by atoms with Gasteiger partial charge in [-0.2, -0.15) is 0 Å². The molecule has 0 N–H and O–H groups in total. The Morgan fingerprint density at radius 1 is 1.89 bits per heavy atom. The molecular weight excluding hydrogens is 156 g/mol. The Labute approximate surface area is 63.4 Å². The van der Waals surface area contributed by atoms with Crippen LogP contribution < -0.4 is 0 Å². The molecule has 1 rings (SSSR count). The highest BCUT2D eigenvalue weighted by Crippen LogP contribution is 2.21. The second kappa shape index (κ2) is 4.22. The van der Waals surface area contributed by atoms with E-state index in [1.165, 1.54) is 24.1 Å². The van der Waals surface area contributed by atoms with Crippen LogP contribution in [-0.4, -0.2) is 18.5 Å². The fourth-order valence-electron chi connectivity index (χ4n) is 0.323. The van der Waals surface area contributed by atoms with Crippen molar-refractivity contribution in [2.45, 2.75) is 6.10 Å². The highest BCUT2D eigenvalue weighted by Gasteiger charge is 2.22. The second-order valence-corrected chi connectivity index (χ2v) is 3.21. The van der Waals surface area contributed by atoms with E-state index in [1.807, 2.05) is 0 Å². The standard InChI is InChI=1S/C5H8O2S2/c1-2-8-7-9-4-5-3-6-5/h2,5H,1,3-4H2. The Morgan fingerprint density at radius 3 is 3.22 bits per heavy atom. The normalized spacial score (nSPS) is 23.8. The molecule has 1 atom stereocenters. The van der Waals surface area contributed by atoms with Crippen LogP contribution in [0, 0.1) is 0 Å². The van der Waals surface area contributed by atoms with Crippen molar-refractivity contribution in [3.05, 3.63) is 12.0 Å². The van der Waals surface area contributed by atoms with Gasteiger partial charge in [0, 0.05) is 29.8 Å². The molecule has 1 heterocycles. The second-order valence-electron chi connectivity index (χ2n) is 1.57. The summed E-state index contributed by atoms with van der Waals surface area (Å²) in [7, 11) is 0. The van der Waals surface area contributed by atoms with Crippen LogP contribution in [0.25, 0.3) is 0 Å². The van der Waals surface area contributed by atoms with Crippen LogP contribution in [0.5, 0.6) is 0 Å². The van der Waals surface area contributed by atoms with E-state index < -0.39 is 0 Å². The molecule has 0 radical (unpaired) electrons. The number of rotatable bonds is 5. The fraction of sp³-hybridized carbons (Fsp3) is 0.600. The minimum Gasteiger partial charge on any atom is -0.372 e. The summed E-state index contributed by atoms with van der Waals surface area (Å²) in [6.45, 7) is 4.38. The fourth-order valence-corrected chi connectivity index (χ4v) is 1.33. The number of epoxide rings is 1. The summed E-state index contributed by atoms with van der Waals surface area (Å²) in [5, 5.41) is 1.65. The Bertz CT molecular complexity index is 93.0. The molecule has 1 aliphatic heterocycles. The van der Waals surface area contributed by atoms with Crippen molar-refractivity contribution >= 4 is 24.1 Å². The molecule has 0 saturated carbocycles. The first-order valence-corrected chi connectivity index (χ1v) is 4.32. The van der Waals surface area contributed by atoms with Crippen molar-refractivity contribution in [1.82, 2.24) is 0 Å². The van der Waals surface area contributed by atoms with E-state index in [0.29, 0.717) is 6.10 Å². The average molecular weight is 164 g/mol. The first kappa shape index (κ1) is 7.47. The predicted octanol–water partition coefficient (Wildman–Crippen LogP) is 1.84. The van der Waals surface area contributed by atoms with Crippen LogP contribution in [0.15, 0.2) is 12.0 Å². The summed E-state index contributed by atoms with van der Waals surface area (Å²) in [5.74, 6) is 0.931. The van der Waals surface area contributed by atoms with Crippen molar-refractivity contribution in [2.75, 3.05) is 12.4 Å². The lowest BCUT2D eigenvalue weighted by Gasteiger charge is -1.92. The van der Waals surface area contributed by atoms with Gasteiger partial charge in [-0.05, 0) is 5.41 Å². The number of hydrogen-bond donors (Lipinski definition) is 0. The lowest BCUT2D eigenvalue weighted by atomic mass is 10.6. The maximum absolute atomic E-state index is 4.97. The molecule has 0 aromatic heterocycles. The monoisotopic (exact) mass is 164 g/mol. The van der Waals surface area contributed by atoms with Gasteiger partial charge in [0.2, 0.25) is 0 Å². The molecule has 2 nitrogen and oxygen atoms in total. The molecule has 1 aliphatic rings. The third kappa shape index (κ3) is 3.86. The van der Waals surface area contributed by atoms with Crippen molar-refractivity contribution < 1.29 is 8.37 Å². The van der Waals surface area contributed by atoms with Crippen molar-refractivity contribution in [2.24, 2.45) is 0 Å². The smallest absolute Gasteiger partial charge is 0.0922 e. The summed E-state index contributed by atoms with van der Waals surface area (Å²) in [6.07, 6.45) is 0.445. The lowest BCUT2D eigenvalue weighted by Crippen LogP contribution is -1.86. The molecule has 9 heavy (non-hydrogen) atoms. The molecule has 0 spiro atoms. The molecule has 1 saturated heterocycles. The number of ether oxygens (including phenoxy) is 1. The quantitative estimate of drug-likeness (QED) is 0.351. The summed E-state index contributed by atoms with van der Waals surface area (Å²) < 4.78 is 9.92. The summed E-state index contributed by atoms with van der Waals surface area (Å²) in [4.78, 5) is 0. The molecule has 1 fully saturated rings. The lowest BCUT2D eigenvalue weighted by molar-refractivity contribution is 0.425. The van der Waals surface area contributed by atoms with E-state index in [4.69, 9.17) is 8.37 Å². The van der Waals surface area contributed by atoms with E-state index in [-0.39, 0.29) is 0 Å². The maximum atomic E-state index is 4.97. The molecule has 0 amide bonds. The first-order valence-electron chi connectivity index (χ1n) is 2.61. The van der Waals surface area contributed by atoms with Gasteiger partial charge in [0.05, 0.1) is 12.7 Å². The zero-order valence-electron chi connectivity index (χ0n) is 4.91. The van der Waals surface area contributed by atoms with Gasteiger partial charge in [0.1, 0.15) is 0 Å². The largest absolute Gasteiger partial charge is 0.372 e. The number of hydrogen-bond acceptors (Lipinski definition) is 4. The van der Waals surface area contributed by atoms with Gasteiger partial charge in [-0.1, -0.05) is 6.58 Å². The third-order valence-corrected chi connectivity index (χ3v) is 2.15. The van der Waals surface area contributed by atoms with Gasteiger partial charge in [-0.3, -0.25) is 0 Å². The highest BCUT2D eigenvalue weighted by molar-refractivity contribution is 8.09. The minimum atomic E-state index is 0.445. The van der Waals surface area contributed by atoms with Gasteiger partial charge < -0.3 is 4.74 Å². The molecule has 0 aliphatic carbocycles. The molecule has 1 unspecified atom stereocenters. The van der Waals surface area contributed by atoms with Crippen LogP contribution >= 0.6 is 24.1 Å².